The Bertz CT molecular complexity index is 566. The lowest BCUT2D eigenvalue weighted by Crippen LogP contribution is -2.02. The van der Waals surface area contributed by atoms with E-state index in [1.165, 1.54) is 0 Å². The maximum absolute atomic E-state index is 12.2. The highest BCUT2D eigenvalue weighted by atomic mass is 127. The summed E-state index contributed by atoms with van der Waals surface area (Å²) >= 11 is 8.19. The van der Waals surface area contributed by atoms with Gasteiger partial charge in [0, 0.05) is 20.4 Å². The van der Waals surface area contributed by atoms with Gasteiger partial charge in [0.05, 0.1) is 5.02 Å². The van der Waals surface area contributed by atoms with Crippen molar-refractivity contribution in [2.24, 2.45) is 0 Å². The molecule has 0 aliphatic carbocycles. The molecule has 0 bridgehead atoms. The van der Waals surface area contributed by atoms with Crippen LogP contribution in [0.25, 0.3) is 0 Å². The first kappa shape index (κ1) is 12.4. The van der Waals surface area contributed by atoms with Gasteiger partial charge in [-0.15, -0.1) is 0 Å². The van der Waals surface area contributed by atoms with Gasteiger partial charge in [0.1, 0.15) is 0 Å². The standard InChI is InChI=1S/C13H9ClINO/c14-12-7-10(16)5-6-11(12)13(17)8-1-3-9(15)4-2-8/h1-7H,16H2. The number of nitrogen functional groups attached to an aromatic ring is 1. The highest BCUT2D eigenvalue weighted by Gasteiger charge is 2.12. The molecule has 0 aromatic heterocycles. The van der Waals surface area contributed by atoms with Crippen LogP contribution >= 0.6 is 34.2 Å². The van der Waals surface area contributed by atoms with E-state index in [-0.39, 0.29) is 5.78 Å². The second-order valence-corrected chi connectivity index (χ2v) is 5.23. The number of benzene rings is 2. The summed E-state index contributed by atoms with van der Waals surface area (Å²) in [5.74, 6) is -0.0913. The van der Waals surface area contributed by atoms with Crippen LogP contribution in [0.3, 0.4) is 0 Å². The first-order valence-corrected chi connectivity index (χ1v) is 6.39. The predicted molar refractivity (Wildman–Crippen MR) is 78.5 cm³/mol. The van der Waals surface area contributed by atoms with Crippen molar-refractivity contribution in [3.63, 3.8) is 0 Å². The minimum Gasteiger partial charge on any atom is -0.399 e. The number of rotatable bonds is 2. The van der Waals surface area contributed by atoms with Crippen molar-refractivity contribution in [1.82, 2.24) is 0 Å². The second kappa shape index (κ2) is 5.06. The summed E-state index contributed by atoms with van der Waals surface area (Å²) in [7, 11) is 0. The van der Waals surface area contributed by atoms with Gasteiger partial charge in [-0.05, 0) is 65.1 Å². The molecule has 2 aromatic carbocycles. The summed E-state index contributed by atoms with van der Waals surface area (Å²) in [4.78, 5) is 12.2. The Morgan fingerprint density at radius 3 is 2.35 bits per heavy atom. The van der Waals surface area contributed by atoms with E-state index in [1.54, 1.807) is 30.3 Å². The zero-order valence-electron chi connectivity index (χ0n) is 8.78. The SMILES string of the molecule is Nc1ccc(C(=O)c2ccc(I)cc2)c(Cl)c1. The molecule has 0 aliphatic rings. The van der Waals surface area contributed by atoms with E-state index in [0.717, 1.165) is 3.57 Å². The summed E-state index contributed by atoms with van der Waals surface area (Å²) in [5, 5.41) is 0.383. The van der Waals surface area contributed by atoms with E-state index in [2.05, 4.69) is 22.6 Å². The minimum absolute atomic E-state index is 0.0913. The summed E-state index contributed by atoms with van der Waals surface area (Å²) in [6.07, 6.45) is 0. The molecule has 0 saturated carbocycles. The van der Waals surface area contributed by atoms with Crippen LogP contribution in [0.15, 0.2) is 42.5 Å². The van der Waals surface area contributed by atoms with Gasteiger partial charge >= 0.3 is 0 Å². The van der Waals surface area contributed by atoms with Crippen LogP contribution in [-0.2, 0) is 0 Å². The van der Waals surface area contributed by atoms with E-state index < -0.39 is 0 Å². The number of carbonyl (C=O) groups excluding carboxylic acids is 1. The largest absolute Gasteiger partial charge is 0.399 e. The number of ketones is 1. The first-order valence-electron chi connectivity index (χ1n) is 4.93. The van der Waals surface area contributed by atoms with Gasteiger partial charge in [-0.1, -0.05) is 11.6 Å². The molecule has 0 atom stereocenters. The molecule has 0 aliphatic heterocycles. The van der Waals surface area contributed by atoms with E-state index in [0.29, 0.717) is 21.8 Å². The van der Waals surface area contributed by atoms with Crippen molar-refractivity contribution < 1.29 is 4.79 Å². The van der Waals surface area contributed by atoms with Crippen molar-refractivity contribution in [1.29, 1.82) is 0 Å². The fourth-order valence-corrected chi connectivity index (χ4v) is 2.11. The number of carbonyl (C=O) groups is 1. The lowest BCUT2D eigenvalue weighted by atomic mass is 10.0. The van der Waals surface area contributed by atoms with Gasteiger partial charge in [-0.3, -0.25) is 4.79 Å². The molecular weight excluding hydrogens is 349 g/mol. The molecule has 17 heavy (non-hydrogen) atoms. The quantitative estimate of drug-likeness (QED) is 0.505. The molecule has 2 nitrogen and oxygen atoms in total. The Balaban J connectivity index is 2.40. The number of nitrogens with two attached hydrogens (primary N) is 1. The molecule has 2 rings (SSSR count). The van der Waals surface area contributed by atoms with Crippen LogP contribution in [-0.4, -0.2) is 5.78 Å². The maximum Gasteiger partial charge on any atom is 0.194 e. The van der Waals surface area contributed by atoms with Gasteiger partial charge < -0.3 is 5.73 Å². The number of halogens is 2. The summed E-state index contributed by atoms with van der Waals surface area (Å²) in [5.41, 5.74) is 7.24. The van der Waals surface area contributed by atoms with Gasteiger partial charge in [0.25, 0.3) is 0 Å². The van der Waals surface area contributed by atoms with Gasteiger partial charge in [-0.25, -0.2) is 0 Å². The highest BCUT2D eigenvalue weighted by molar-refractivity contribution is 14.1. The van der Waals surface area contributed by atoms with Crippen LogP contribution in [0.1, 0.15) is 15.9 Å². The number of anilines is 1. The maximum atomic E-state index is 12.2. The third-order valence-electron chi connectivity index (χ3n) is 2.34. The van der Waals surface area contributed by atoms with Gasteiger partial charge in [-0.2, -0.15) is 0 Å². The molecular formula is C13H9ClINO. The van der Waals surface area contributed by atoms with Crippen LogP contribution in [0.4, 0.5) is 5.69 Å². The second-order valence-electron chi connectivity index (χ2n) is 3.58. The fraction of sp³-hybridized carbons (Fsp3) is 0. The van der Waals surface area contributed by atoms with Gasteiger partial charge in [0.15, 0.2) is 5.78 Å². The monoisotopic (exact) mass is 357 g/mol. The first-order chi connectivity index (χ1) is 8.08. The van der Waals surface area contributed by atoms with Crippen LogP contribution in [0.5, 0.6) is 0 Å². The normalized spacial score (nSPS) is 10.2. The van der Waals surface area contributed by atoms with E-state index in [4.69, 9.17) is 17.3 Å². The van der Waals surface area contributed by atoms with E-state index in [1.807, 2.05) is 12.1 Å². The molecule has 0 radical (unpaired) electrons. The van der Waals surface area contributed by atoms with Crippen LogP contribution in [0, 0.1) is 3.57 Å². The topological polar surface area (TPSA) is 43.1 Å². The zero-order chi connectivity index (χ0) is 12.4. The van der Waals surface area contributed by atoms with Crippen LogP contribution < -0.4 is 5.73 Å². The lowest BCUT2D eigenvalue weighted by molar-refractivity contribution is 0.103. The Morgan fingerprint density at radius 2 is 1.76 bits per heavy atom. The molecule has 4 heteroatoms. The van der Waals surface area contributed by atoms with Gasteiger partial charge in [0.2, 0.25) is 0 Å². The third kappa shape index (κ3) is 2.79. The van der Waals surface area contributed by atoms with Crippen molar-refractivity contribution in [2.75, 3.05) is 5.73 Å². The molecule has 2 aromatic rings. The van der Waals surface area contributed by atoms with E-state index in [9.17, 15) is 4.79 Å². The summed E-state index contributed by atoms with van der Waals surface area (Å²) in [6, 6.07) is 12.3. The lowest BCUT2D eigenvalue weighted by Gasteiger charge is -2.04. The third-order valence-corrected chi connectivity index (χ3v) is 3.38. The Labute approximate surface area is 118 Å². The molecule has 0 amide bonds. The van der Waals surface area contributed by atoms with Crippen molar-refractivity contribution in [2.45, 2.75) is 0 Å². The predicted octanol–water partition coefficient (Wildman–Crippen LogP) is 3.76. The average molecular weight is 358 g/mol. The average Bonchev–Trinajstić information content (AvgIpc) is 2.29. The van der Waals surface area contributed by atoms with Crippen LogP contribution in [0.2, 0.25) is 5.02 Å². The Morgan fingerprint density at radius 1 is 1.12 bits per heavy atom. The smallest absolute Gasteiger partial charge is 0.194 e. The molecule has 86 valence electrons. The Kier molecular flexibility index (Phi) is 3.69. The molecule has 0 unspecified atom stereocenters. The summed E-state index contributed by atoms with van der Waals surface area (Å²) < 4.78 is 1.09. The molecule has 0 heterocycles. The molecule has 0 fully saturated rings. The number of hydrogen-bond acceptors (Lipinski definition) is 2. The summed E-state index contributed by atoms with van der Waals surface area (Å²) in [6.45, 7) is 0. The molecule has 0 spiro atoms. The molecule has 2 N–H and O–H groups in total. The number of hydrogen-bond donors (Lipinski definition) is 1. The van der Waals surface area contributed by atoms with E-state index >= 15 is 0 Å². The minimum atomic E-state index is -0.0913. The van der Waals surface area contributed by atoms with Crippen molar-refractivity contribution >= 4 is 45.7 Å². The zero-order valence-corrected chi connectivity index (χ0v) is 11.7. The Hall–Kier alpha value is -1.07. The molecule has 0 saturated heterocycles. The fourth-order valence-electron chi connectivity index (χ4n) is 1.47. The van der Waals surface area contributed by atoms with Crippen molar-refractivity contribution in [3.8, 4) is 0 Å². The van der Waals surface area contributed by atoms with Crippen molar-refractivity contribution in [3.05, 3.63) is 62.2 Å². The highest BCUT2D eigenvalue weighted by Crippen LogP contribution is 2.22.